The molecule has 4 rings (SSSR count). The maximum atomic E-state index is 14.1. The molecule has 1 atom stereocenters. The van der Waals surface area contributed by atoms with Gasteiger partial charge in [0.05, 0.1) is 16.1 Å². The molecule has 4 nitrogen and oxygen atoms in total. The number of hydrogen-bond donors (Lipinski definition) is 2. The number of rotatable bonds is 4. The number of fused-ring (bicyclic) bond motifs is 1. The zero-order valence-electron chi connectivity index (χ0n) is 17.1. The number of nitrogens with zero attached hydrogens (tertiary/aromatic N) is 1. The summed E-state index contributed by atoms with van der Waals surface area (Å²) in [4.78, 5) is 18.4. The minimum Gasteiger partial charge on any atom is -0.376 e. The van der Waals surface area contributed by atoms with Crippen LogP contribution in [-0.4, -0.2) is 21.4 Å². The highest BCUT2D eigenvalue weighted by molar-refractivity contribution is 6.34. The normalized spacial score (nSPS) is 14.2. The largest absolute Gasteiger partial charge is 0.417 e. The van der Waals surface area contributed by atoms with E-state index in [-0.39, 0.29) is 22.9 Å². The second kappa shape index (κ2) is 8.54. The third-order valence-electron chi connectivity index (χ3n) is 5.51. The number of aromatic nitrogens is 2. The summed E-state index contributed by atoms with van der Waals surface area (Å²) in [5, 5.41) is 10.8. The Morgan fingerprint density at radius 1 is 0.857 bits per heavy atom. The lowest BCUT2D eigenvalue weighted by atomic mass is 9.77. The second-order valence-electron chi connectivity index (χ2n) is 7.48. The van der Waals surface area contributed by atoms with E-state index in [9.17, 15) is 36.2 Å². The van der Waals surface area contributed by atoms with Crippen molar-refractivity contribution in [3.63, 3.8) is 0 Å². The highest BCUT2D eigenvalue weighted by Gasteiger charge is 2.47. The Balaban J connectivity index is 2.20. The molecule has 35 heavy (non-hydrogen) atoms. The molecule has 2 aromatic carbocycles. The van der Waals surface area contributed by atoms with Crippen molar-refractivity contribution in [2.45, 2.75) is 18.0 Å². The number of alkyl halides is 6. The fourth-order valence-electron chi connectivity index (χ4n) is 4.03. The van der Waals surface area contributed by atoms with Crippen molar-refractivity contribution in [1.82, 2.24) is 9.97 Å². The number of benzene rings is 2. The Kier molecular flexibility index (Phi) is 6.11. The molecule has 0 bridgehead atoms. The van der Waals surface area contributed by atoms with E-state index in [1.54, 1.807) is 0 Å². The first-order chi connectivity index (χ1) is 16.3. The van der Waals surface area contributed by atoms with Gasteiger partial charge < -0.3 is 10.1 Å². The molecular weight excluding hydrogens is 521 g/mol. The van der Waals surface area contributed by atoms with E-state index in [2.05, 4.69) is 9.97 Å². The van der Waals surface area contributed by atoms with Gasteiger partial charge in [0, 0.05) is 45.1 Å². The lowest BCUT2D eigenvalue weighted by Crippen LogP contribution is -2.33. The summed E-state index contributed by atoms with van der Waals surface area (Å²) in [7, 11) is 0. The van der Waals surface area contributed by atoms with Crippen LogP contribution in [0.25, 0.3) is 11.0 Å². The standard InChI is InChI=1S/C23H12Cl2F6N2O2/c24-17-5-1-4-14(23(29,30)31)18(17)21(35,16-9-33-20-11(16)3-2-8-32-20)15-7-6-13(22(26,27)28)12(10-34)19(15)25/h1-10,35H,(H,32,33). The average Bonchev–Trinajstić information content (AvgIpc) is 3.21. The van der Waals surface area contributed by atoms with Gasteiger partial charge in [-0.2, -0.15) is 26.3 Å². The number of H-pyrrole nitrogens is 1. The summed E-state index contributed by atoms with van der Waals surface area (Å²) >= 11 is 12.4. The molecule has 0 spiro atoms. The Bertz CT molecular complexity index is 1450. The number of hydrogen-bond acceptors (Lipinski definition) is 3. The number of aldehydes is 1. The van der Waals surface area contributed by atoms with Gasteiger partial charge >= 0.3 is 12.4 Å². The van der Waals surface area contributed by atoms with Crippen LogP contribution in [-0.2, 0) is 18.0 Å². The van der Waals surface area contributed by atoms with Gasteiger partial charge in [-0.05, 0) is 30.3 Å². The van der Waals surface area contributed by atoms with Crippen LogP contribution in [0.5, 0.6) is 0 Å². The zero-order valence-corrected chi connectivity index (χ0v) is 18.6. The van der Waals surface area contributed by atoms with E-state index in [0.29, 0.717) is 12.1 Å². The summed E-state index contributed by atoms with van der Waals surface area (Å²) in [6.45, 7) is 0. The van der Waals surface area contributed by atoms with Gasteiger partial charge in [0.2, 0.25) is 0 Å². The van der Waals surface area contributed by atoms with Crippen LogP contribution in [0.2, 0.25) is 10.0 Å². The van der Waals surface area contributed by atoms with E-state index in [1.807, 2.05) is 0 Å². The molecule has 4 aromatic rings. The van der Waals surface area contributed by atoms with Crippen molar-refractivity contribution in [3.05, 3.63) is 98.3 Å². The van der Waals surface area contributed by atoms with E-state index >= 15 is 0 Å². The van der Waals surface area contributed by atoms with Crippen LogP contribution in [0.3, 0.4) is 0 Å². The molecule has 0 aliphatic carbocycles. The van der Waals surface area contributed by atoms with Gasteiger partial charge in [-0.1, -0.05) is 35.3 Å². The molecule has 0 radical (unpaired) electrons. The Morgan fingerprint density at radius 3 is 2.14 bits per heavy atom. The highest BCUT2D eigenvalue weighted by atomic mass is 35.5. The minimum absolute atomic E-state index is 0.145. The topological polar surface area (TPSA) is 66.0 Å². The highest BCUT2D eigenvalue weighted by Crippen LogP contribution is 2.50. The van der Waals surface area contributed by atoms with Gasteiger partial charge in [-0.25, -0.2) is 4.98 Å². The first kappa shape index (κ1) is 25.0. The summed E-state index contributed by atoms with van der Waals surface area (Å²) in [5.41, 5.74) is -8.22. The Hall–Kier alpha value is -3.08. The van der Waals surface area contributed by atoms with Gasteiger partial charge in [0.25, 0.3) is 0 Å². The van der Waals surface area contributed by atoms with E-state index < -0.39 is 55.8 Å². The van der Waals surface area contributed by atoms with Crippen LogP contribution in [0, 0.1) is 0 Å². The molecular formula is C23H12Cl2F6N2O2. The third-order valence-corrected chi connectivity index (χ3v) is 6.24. The molecule has 0 aliphatic rings. The molecule has 0 saturated carbocycles. The maximum absolute atomic E-state index is 14.1. The molecule has 12 heteroatoms. The van der Waals surface area contributed by atoms with E-state index in [0.717, 1.165) is 24.4 Å². The maximum Gasteiger partial charge on any atom is 0.417 e. The average molecular weight is 533 g/mol. The minimum atomic E-state index is -5.02. The smallest absolute Gasteiger partial charge is 0.376 e. The van der Waals surface area contributed by atoms with E-state index in [4.69, 9.17) is 23.2 Å². The van der Waals surface area contributed by atoms with Gasteiger partial charge in [0.15, 0.2) is 6.29 Å². The molecule has 0 amide bonds. The van der Waals surface area contributed by atoms with E-state index in [1.165, 1.54) is 18.3 Å². The first-order valence-corrected chi connectivity index (χ1v) is 10.4. The van der Waals surface area contributed by atoms with Crippen LogP contribution >= 0.6 is 23.2 Å². The number of carbonyl (C=O) groups excluding carboxylic acids is 1. The van der Waals surface area contributed by atoms with Crippen molar-refractivity contribution in [2.75, 3.05) is 0 Å². The number of aromatic amines is 1. The van der Waals surface area contributed by atoms with Crippen molar-refractivity contribution in [1.29, 1.82) is 0 Å². The van der Waals surface area contributed by atoms with Gasteiger partial charge in [0.1, 0.15) is 11.2 Å². The van der Waals surface area contributed by atoms with Gasteiger partial charge in [-0.3, -0.25) is 4.79 Å². The fraction of sp³-hybridized carbons (Fsp3) is 0.130. The molecule has 2 heterocycles. The lowest BCUT2D eigenvalue weighted by molar-refractivity contribution is -0.139. The summed E-state index contributed by atoms with van der Waals surface area (Å²) in [6.07, 6.45) is -7.67. The molecule has 182 valence electrons. The fourth-order valence-corrected chi connectivity index (χ4v) is 4.69. The van der Waals surface area contributed by atoms with Crippen LogP contribution in [0.15, 0.2) is 54.9 Å². The van der Waals surface area contributed by atoms with Crippen molar-refractivity contribution >= 4 is 40.5 Å². The quantitative estimate of drug-likeness (QED) is 0.219. The molecule has 2 aromatic heterocycles. The summed E-state index contributed by atoms with van der Waals surface area (Å²) in [5.74, 6) is 0. The molecule has 0 fully saturated rings. The Labute approximate surface area is 203 Å². The van der Waals surface area contributed by atoms with Crippen molar-refractivity contribution in [2.24, 2.45) is 0 Å². The predicted octanol–water partition coefficient (Wildman–Crippen LogP) is 7.00. The summed E-state index contributed by atoms with van der Waals surface area (Å²) in [6, 6.07) is 6.83. The van der Waals surface area contributed by atoms with Crippen LogP contribution in [0.1, 0.15) is 38.2 Å². The molecule has 0 aliphatic heterocycles. The number of halogens is 8. The predicted molar refractivity (Wildman–Crippen MR) is 116 cm³/mol. The number of pyridine rings is 1. The SMILES string of the molecule is O=Cc1c(C(F)(F)F)ccc(C(O)(c2c(Cl)cccc2C(F)(F)F)c2c[nH]c3ncccc23)c1Cl. The van der Waals surface area contributed by atoms with Crippen molar-refractivity contribution in [3.8, 4) is 0 Å². The van der Waals surface area contributed by atoms with Crippen molar-refractivity contribution < 1.29 is 36.2 Å². The Morgan fingerprint density at radius 2 is 1.51 bits per heavy atom. The molecule has 2 N–H and O–H groups in total. The lowest BCUT2D eigenvalue weighted by Gasteiger charge is -2.34. The third kappa shape index (κ3) is 4.05. The summed E-state index contributed by atoms with van der Waals surface area (Å²) < 4.78 is 82.6. The number of carbonyl (C=O) groups is 1. The second-order valence-corrected chi connectivity index (χ2v) is 8.26. The van der Waals surface area contributed by atoms with Crippen LogP contribution < -0.4 is 0 Å². The van der Waals surface area contributed by atoms with Crippen LogP contribution in [0.4, 0.5) is 26.3 Å². The van der Waals surface area contributed by atoms with Gasteiger partial charge in [-0.15, -0.1) is 0 Å². The molecule has 0 saturated heterocycles. The monoisotopic (exact) mass is 532 g/mol. The first-order valence-electron chi connectivity index (χ1n) is 9.68. The molecule has 1 unspecified atom stereocenters. The number of aliphatic hydroxyl groups is 1. The zero-order chi connectivity index (χ0) is 25.8. The number of nitrogens with one attached hydrogen (secondary N) is 1.